The van der Waals surface area contributed by atoms with Gasteiger partial charge < -0.3 is 14.2 Å². The van der Waals surface area contributed by atoms with Crippen LogP contribution in [0.3, 0.4) is 0 Å². The van der Waals surface area contributed by atoms with Gasteiger partial charge in [-0.05, 0) is 56.4 Å². The summed E-state index contributed by atoms with van der Waals surface area (Å²) in [6.45, 7) is 5.93. The monoisotopic (exact) mass is 346 g/mol. The quantitative estimate of drug-likeness (QED) is 0.345. The molecule has 136 valence electrons. The number of ether oxygens (including phenoxy) is 3. The maximum absolute atomic E-state index is 11.6. The summed E-state index contributed by atoms with van der Waals surface area (Å²) in [6, 6.07) is 7.39. The summed E-state index contributed by atoms with van der Waals surface area (Å²) in [4.78, 5) is 22.8. The highest BCUT2D eigenvalue weighted by Crippen LogP contribution is 2.12. The molecular formula is C20H26O5. The second kappa shape index (κ2) is 11.9. The van der Waals surface area contributed by atoms with Gasteiger partial charge in [0.25, 0.3) is 0 Å². The standard InChI is InChI=1S/C20H26O5/c1-16(2)20(22)25-15-7-5-4-6-14-24-19(21)13-10-17-8-11-18(23-3)12-9-17/h8-13H,1,4-7,14-15H2,2-3H3/b13-10+. The molecule has 0 bridgehead atoms. The Labute approximate surface area is 149 Å². The van der Waals surface area contributed by atoms with Gasteiger partial charge in [0, 0.05) is 11.6 Å². The Kier molecular flexibility index (Phi) is 9.75. The Balaban J connectivity index is 2.07. The molecule has 0 fully saturated rings. The van der Waals surface area contributed by atoms with E-state index in [-0.39, 0.29) is 11.9 Å². The van der Waals surface area contributed by atoms with Gasteiger partial charge in [0.05, 0.1) is 20.3 Å². The molecular weight excluding hydrogens is 320 g/mol. The molecule has 0 aliphatic carbocycles. The first-order valence-electron chi connectivity index (χ1n) is 8.34. The molecule has 0 aliphatic rings. The van der Waals surface area contributed by atoms with E-state index in [1.165, 1.54) is 6.08 Å². The number of hydrogen-bond acceptors (Lipinski definition) is 5. The lowest BCUT2D eigenvalue weighted by Crippen LogP contribution is -2.06. The molecule has 0 radical (unpaired) electrons. The van der Waals surface area contributed by atoms with Gasteiger partial charge in [-0.15, -0.1) is 0 Å². The van der Waals surface area contributed by atoms with E-state index in [9.17, 15) is 9.59 Å². The minimum atomic E-state index is -0.355. The highest BCUT2D eigenvalue weighted by atomic mass is 16.5. The molecule has 0 aromatic heterocycles. The molecule has 0 aliphatic heterocycles. The highest BCUT2D eigenvalue weighted by molar-refractivity contribution is 5.87. The third-order valence-electron chi connectivity index (χ3n) is 3.39. The van der Waals surface area contributed by atoms with E-state index in [0.29, 0.717) is 18.8 Å². The molecule has 25 heavy (non-hydrogen) atoms. The first kappa shape index (κ1) is 20.5. The number of carbonyl (C=O) groups excluding carboxylic acids is 2. The fraction of sp³-hybridized carbons (Fsp3) is 0.400. The summed E-state index contributed by atoms with van der Waals surface area (Å²) >= 11 is 0. The van der Waals surface area contributed by atoms with Gasteiger partial charge in [-0.2, -0.15) is 0 Å². The molecule has 0 unspecified atom stereocenters. The van der Waals surface area contributed by atoms with Crippen LogP contribution in [0.15, 0.2) is 42.5 Å². The van der Waals surface area contributed by atoms with Crippen molar-refractivity contribution in [1.29, 1.82) is 0 Å². The van der Waals surface area contributed by atoms with Crippen LogP contribution in [0.1, 0.15) is 38.2 Å². The van der Waals surface area contributed by atoms with Crippen LogP contribution in [0.2, 0.25) is 0 Å². The van der Waals surface area contributed by atoms with E-state index in [1.807, 2.05) is 24.3 Å². The molecule has 0 amide bonds. The molecule has 0 saturated heterocycles. The Bertz CT molecular complexity index is 587. The zero-order valence-electron chi connectivity index (χ0n) is 15.0. The fourth-order valence-corrected chi connectivity index (χ4v) is 1.95. The van der Waals surface area contributed by atoms with E-state index in [0.717, 1.165) is 37.0 Å². The zero-order valence-corrected chi connectivity index (χ0v) is 15.0. The average Bonchev–Trinajstić information content (AvgIpc) is 2.62. The molecule has 1 aromatic carbocycles. The summed E-state index contributed by atoms with van der Waals surface area (Å²) in [6.07, 6.45) is 6.54. The van der Waals surface area contributed by atoms with Gasteiger partial charge >= 0.3 is 11.9 Å². The van der Waals surface area contributed by atoms with Crippen molar-refractivity contribution in [3.8, 4) is 5.75 Å². The van der Waals surface area contributed by atoms with Crippen LogP contribution in [0.5, 0.6) is 5.75 Å². The van der Waals surface area contributed by atoms with Crippen LogP contribution in [0.4, 0.5) is 0 Å². The van der Waals surface area contributed by atoms with Gasteiger partial charge in [0.1, 0.15) is 5.75 Å². The van der Waals surface area contributed by atoms with Crippen LogP contribution < -0.4 is 4.74 Å². The number of rotatable bonds is 11. The Morgan fingerprint density at radius 3 is 2.16 bits per heavy atom. The van der Waals surface area contributed by atoms with E-state index in [4.69, 9.17) is 14.2 Å². The molecule has 5 nitrogen and oxygen atoms in total. The number of unbranched alkanes of at least 4 members (excludes halogenated alkanes) is 3. The van der Waals surface area contributed by atoms with Crippen molar-refractivity contribution in [2.24, 2.45) is 0 Å². The van der Waals surface area contributed by atoms with Gasteiger partial charge in [-0.3, -0.25) is 0 Å². The third-order valence-corrected chi connectivity index (χ3v) is 3.39. The van der Waals surface area contributed by atoms with Gasteiger partial charge in [0.15, 0.2) is 0 Å². The molecule has 5 heteroatoms. The largest absolute Gasteiger partial charge is 0.497 e. The number of esters is 2. The maximum Gasteiger partial charge on any atom is 0.333 e. The second-order valence-corrected chi connectivity index (χ2v) is 5.60. The topological polar surface area (TPSA) is 61.8 Å². The minimum absolute atomic E-state index is 0.349. The summed E-state index contributed by atoms with van der Waals surface area (Å²) in [5.74, 6) is 0.0675. The van der Waals surface area contributed by atoms with Crippen molar-refractivity contribution in [3.05, 3.63) is 48.1 Å². The lowest BCUT2D eigenvalue weighted by atomic mass is 10.2. The Morgan fingerprint density at radius 1 is 1.00 bits per heavy atom. The van der Waals surface area contributed by atoms with Crippen LogP contribution in [0.25, 0.3) is 6.08 Å². The summed E-state index contributed by atoms with van der Waals surface area (Å²) < 4.78 is 15.2. The van der Waals surface area contributed by atoms with E-state index in [1.54, 1.807) is 20.1 Å². The van der Waals surface area contributed by atoms with Crippen LogP contribution in [-0.2, 0) is 19.1 Å². The maximum atomic E-state index is 11.6. The zero-order chi connectivity index (χ0) is 18.5. The van der Waals surface area contributed by atoms with Crippen LogP contribution in [0, 0.1) is 0 Å². The molecule has 1 rings (SSSR count). The minimum Gasteiger partial charge on any atom is -0.497 e. The Hall–Kier alpha value is -2.56. The van der Waals surface area contributed by atoms with Crippen molar-refractivity contribution < 1.29 is 23.8 Å². The molecule has 0 saturated carbocycles. The van der Waals surface area contributed by atoms with Crippen LogP contribution >= 0.6 is 0 Å². The van der Waals surface area contributed by atoms with Crippen LogP contribution in [-0.4, -0.2) is 32.3 Å². The van der Waals surface area contributed by atoms with Gasteiger partial charge in [-0.25, -0.2) is 9.59 Å². The van der Waals surface area contributed by atoms with E-state index in [2.05, 4.69) is 6.58 Å². The number of benzene rings is 1. The second-order valence-electron chi connectivity index (χ2n) is 5.60. The van der Waals surface area contributed by atoms with Gasteiger partial charge in [-0.1, -0.05) is 18.7 Å². The number of methoxy groups -OCH3 is 1. The average molecular weight is 346 g/mol. The third kappa shape index (κ3) is 9.35. The predicted octanol–water partition coefficient (Wildman–Crippen LogP) is 3.93. The SMILES string of the molecule is C=C(C)C(=O)OCCCCCCOC(=O)/C=C/c1ccc(OC)cc1. The summed E-state index contributed by atoms with van der Waals surface area (Å²) in [7, 11) is 1.61. The molecule has 1 aromatic rings. The first-order chi connectivity index (χ1) is 12.0. The molecule has 0 spiro atoms. The van der Waals surface area contributed by atoms with Crippen molar-refractivity contribution in [2.75, 3.05) is 20.3 Å². The highest BCUT2D eigenvalue weighted by Gasteiger charge is 2.02. The number of hydrogen-bond donors (Lipinski definition) is 0. The van der Waals surface area contributed by atoms with Crippen molar-refractivity contribution in [3.63, 3.8) is 0 Å². The smallest absolute Gasteiger partial charge is 0.333 e. The lowest BCUT2D eigenvalue weighted by molar-refractivity contribution is -0.139. The fourth-order valence-electron chi connectivity index (χ4n) is 1.95. The molecule has 0 heterocycles. The predicted molar refractivity (Wildman–Crippen MR) is 97.2 cm³/mol. The van der Waals surface area contributed by atoms with Crippen molar-refractivity contribution >= 4 is 18.0 Å². The normalized spacial score (nSPS) is 10.5. The van der Waals surface area contributed by atoms with Crippen molar-refractivity contribution in [2.45, 2.75) is 32.6 Å². The lowest BCUT2D eigenvalue weighted by Gasteiger charge is -2.04. The number of carbonyl (C=O) groups is 2. The molecule has 0 N–H and O–H groups in total. The van der Waals surface area contributed by atoms with Gasteiger partial charge in [0.2, 0.25) is 0 Å². The molecule has 0 atom stereocenters. The van der Waals surface area contributed by atoms with E-state index >= 15 is 0 Å². The summed E-state index contributed by atoms with van der Waals surface area (Å²) in [5, 5.41) is 0. The Morgan fingerprint density at radius 2 is 1.60 bits per heavy atom. The van der Waals surface area contributed by atoms with Crippen molar-refractivity contribution in [1.82, 2.24) is 0 Å². The summed E-state index contributed by atoms with van der Waals surface area (Å²) in [5.41, 5.74) is 1.32. The van der Waals surface area contributed by atoms with E-state index < -0.39 is 0 Å². The first-order valence-corrected chi connectivity index (χ1v) is 8.34.